The van der Waals surface area contributed by atoms with E-state index in [-0.39, 0.29) is 0 Å². The summed E-state index contributed by atoms with van der Waals surface area (Å²) in [6.07, 6.45) is 33.0. The third-order valence-electron chi connectivity index (χ3n) is 9.47. The Morgan fingerprint density at radius 3 is 1.09 bits per heavy atom. The minimum atomic E-state index is 0.561. The average Bonchev–Trinajstić information content (AvgIpc) is 3.01. The number of nitrogens with zero attached hydrogens (tertiary/aromatic N) is 2. The van der Waals surface area contributed by atoms with E-state index in [0.717, 1.165) is 0 Å². The number of anilines is 2. The molecular weight excluding hydrogens is 520 g/mol. The summed E-state index contributed by atoms with van der Waals surface area (Å²) in [5.41, 5.74) is 4.59. The first kappa shape index (κ1) is 39.8. The monoisotopic (exact) mass is 599 g/mol. The maximum absolute atomic E-state index is 2.81. The summed E-state index contributed by atoms with van der Waals surface area (Å²) in [7, 11) is 0. The highest BCUT2D eigenvalue weighted by molar-refractivity contribution is 5.64. The average molecular weight is 599 g/mol. The van der Waals surface area contributed by atoms with Crippen molar-refractivity contribution in [2.45, 2.75) is 202 Å². The van der Waals surface area contributed by atoms with Gasteiger partial charge in [-0.2, -0.15) is 0 Å². The minimum absolute atomic E-state index is 0.561. The van der Waals surface area contributed by atoms with Crippen molar-refractivity contribution >= 4 is 11.4 Å². The van der Waals surface area contributed by atoms with Crippen LogP contribution in [0.1, 0.15) is 207 Å². The summed E-state index contributed by atoms with van der Waals surface area (Å²) in [6.45, 7) is 19.0. The Kier molecular flexibility index (Phi) is 26.2. The lowest BCUT2D eigenvalue weighted by atomic mass is 9.98. The fourth-order valence-corrected chi connectivity index (χ4v) is 6.55. The van der Waals surface area contributed by atoms with Gasteiger partial charge in [-0.15, -0.1) is 0 Å². The van der Waals surface area contributed by atoms with Crippen molar-refractivity contribution < 1.29 is 0 Å². The molecule has 0 unspecified atom stereocenters. The van der Waals surface area contributed by atoms with Gasteiger partial charge in [-0.1, -0.05) is 176 Å². The highest BCUT2D eigenvalue weighted by Crippen LogP contribution is 2.33. The maximum Gasteiger partial charge on any atom is 0.0422 e. The van der Waals surface area contributed by atoms with Crippen LogP contribution in [0.25, 0.3) is 0 Å². The molecule has 0 amide bonds. The summed E-state index contributed by atoms with van der Waals surface area (Å²) in [6, 6.07) is 7.60. The Hall–Kier alpha value is -1.18. The molecule has 0 bridgehead atoms. The lowest BCUT2D eigenvalue weighted by Gasteiger charge is -2.32. The number of benzene rings is 1. The van der Waals surface area contributed by atoms with Gasteiger partial charge < -0.3 is 9.80 Å². The molecule has 0 saturated carbocycles. The molecule has 0 fully saturated rings. The van der Waals surface area contributed by atoms with Crippen LogP contribution in [0.5, 0.6) is 0 Å². The number of hydrogen-bond donors (Lipinski definition) is 0. The number of rotatable bonds is 31. The van der Waals surface area contributed by atoms with Crippen molar-refractivity contribution in [1.82, 2.24) is 0 Å². The second kappa shape index (κ2) is 28.3. The van der Waals surface area contributed by atoms with E-state index in [0.29, 0.717) is 5.92 Å². The highest BCUT2D eigenvalue weighted by atomic mass is 15.1. The minimum Gasteiger partial charge on any atom is -0.371 e. The Bertz CT molecular complexity index is 694. The van der Waals surface area contributed by atoms with E-state index in [2.05, 4.69) is 69.5 Å². The fourth-order valence-electron chi connectivity index (χ4n) is 6.55. The molecular formula is C41H78N2. The molecule has 1 rings (SSSR count). The summed E-state index contributed by atoms with van der Waals surface area (Å²) in [4.78, 5) is 5.58. The van der Waals surface area contributed by atoms with Gasteiger partial charge in [-0.3, -0.25) is 0 Å². The molecule has 0 radical (unpaired) electrons. The van der Waals surface area contributed by atoms with Crippen LogP contribution in [-0.4, -0.2) is 26.2 Å². The summed E-state index contributed by atoms with van der Waals surface area (Å²) >= 11 is 0. The van der Waals surface area contributed by atoms with Gasteiger partial charge in [0, 0.05) is 37.6 Å². The van der Waals surface area contributed by atoms with E-state index in [1.54, 1.807) is 11.3 Å². The Labute approximate surface area is 272 Å². The van der Waals surface area contributed by atoms with Crippen LogP contribution in [0.2, 0.25) is 0 Å². The third-order valence-corrected chi connectivity index (χ3v) is 9.47. The van der Waals surface area contributed by atoms with Crippen LogP contribution in [-0.2, 0) is 0 Å². The number of hydrogen-bond acceptors (Lipinski definition) is 2. The van der Waals surface area contributed by atoms with Crippen LogP contribution >= 0.6 is 0 Å². The zero-order chi connectivity index (χ0) is 31.4. The first-order valence-corrected chi connectivity index (χ1v) is 19.7. The molecule has 0 aromatic heterocycles. The van der Waals surface area contributed by atoms with Crippen molar-refractivity contribution in [1.29, 1.82) is 0 Å². The van der Waals surface area contributed by atoms with E-state index in [1.165, 1.54) is 186 Å². The van der Waals surface area contributed by atoms with Crippen LogP contribution in [0.4, 0.5) is 11.4 Å². The zero-order valence-electron chi connectivity index (χ0n) is 30.5. The molecule has 2 nitrogen and oxygen atoms in total. The second-order valence-corrected chi connectivity index (χ2v) is 13.9. The smallest absolute Gasteiger partial charge is 0.0422 e. The van der Waals surface area contributed by atoms with Crippen molar-refractivity contribution in [2.24, 2.45) is 0 Å². The maximum atomic E-state index is 2.81. The van der Waals surface area contributed by atoms with Crippen molar-refractivity contribution in [3.8, 4) is 0 Å². The molecule has 0 spiro atoms. The summed E-state index contributed by atoms with van der Waals surface area (Å²) < 4.78 is 0. The largest absolute Gasteiger partial charge is 0.371 e. The Balaban J connectivity index is 3.07. The fraction of sp³-hybridized carbons (Fsp3) is 0.854. The predicted octanol–water partition coefficient (Wildman–Crippen LogP) is 13.9. The van der Waals surface area contributed by atoms with Crippen LogP contribution in [0.15, 0.2) is 18.2 Å². The van der Waals surface area contributed by atoms with E-state index in [1.807, 2.05) is 0 Å². The van der Waals surface area contributed by atoms with Gasteiger partial charge in [0.1, 0.15) is 0 Å². The van der Waals surface area contributed by atoms with Crippen molar-refractivity contribution in [3.63, 3.8) is 0 Å². The third kappa shape index (κ3) is 19.7. The SMILES string of the molecule is CCCCCCCCN(CCCCCCCC)c1ccc(C(C)C)c(N(CCCCCCCC)CCCCCCCC)c1. The zero-order valence-corrected chi connectivity index (χ0v) is 30.5. The van der Waals surface area contributed by atoms with E-state index < -0.39 is 0 Å². The molecule has 1 aromatic rings. The molecule has 2 heteroatoms. The molecule has 252 valence electrons. The molecule has 0 aliphatic carbocycles. The first-order chi connectivity index (χ1) is 21.1. The molecule has 43 heavy (non-hydrogen) atoms. The number of unbranched alkanes of at least 4 members (excludes halogenated alkanes) is 20. The van der Waals surface area contributed by atoms with Crippen LogP contribution in [0.3, 0.4) is 0 Å². The van der Waals surface area contributed by atoms with Crippen LogP contribution in [0, 0.1) is 0 Å². The van der Waals surface area contributed by atoms with Gasteiger partial charge in [-0.05, 0) is 49.3 Å². The predicted molar refractivity (Wildman–Crippen MR) is 198 cm³/mol. The molecule has 0 aliphatic heterocycles. The van der Waals surface area contributed by atoms with Gasteiger partial charge >= 0.3 is 0 Å². The molecule has 0 aliphatic rings. The van der Waals surface area contributed by atoms with E-state index >= 15 is 0 Å². The quantitative estimate of drug-likeness (QED) is 0.0784. The summed E-state index contributed by atoms with van der Waals surface area (Å²) in [5.74, 6) is 0.561. The van der Waals surface area contributed by atoms with Gasteiger partial charge in [0.15, 0.2) is 0 Å². The van der Waals surface area contributed by atoms with Crippen molar-refractivity contribution in [2.75, 3.05) is 36.0 Å². The van der Waals surface area contributed by atoms with Gasteiger partial charge in [-0.25, -0.2) is 0 Å². The van der Waals surface area contributed by atoms with E-state index in [9.17, 15) is 0 Å². The lowest BCUT2D eigenvalue weighted by molar-refractivity contribution is 0.572. The molecule has 0 N–H and O–H groups in total. The molecule has 0 saturated heterocycles. The van der Waals surface area contributed by atoms with Crippen LogP contribution < -0.4 is 9.80 Å². The Morgan fingerprint density at radius 1 is 0.419 bits per heavy atom. The van der Waals surface area contributed by atoms with Gasteiger partial charge in [0.25, 0.3) is 0 Å². The van der Waals surface area contributed by atoms with Gasteiger partial charge in [0.2, 0.25) is 0 Å². The second-order valence-electron chi connectivity index (χ2n) is 13.9. The first-order valence-electron chi connectivity index (χ1n) is 19.7. The molecule has 0 heterocycles. The molecule has 0 atom stereocenters. The Morgan fingerprint density at radius 2 is 0.744 bits per heavy atom. The van der Waals surface area contributed by atoms with Gasteiger partial charge in [0.05, 0.1) is 0 Å². The van der Waals surface area contributed by atoms with Crippen molar-refractivity contribution in [3.05, 3.63) is 23.8 Å². The summed E-state index contributed by atoms with van der Waals surface area (Å²) in [5, 5.41) is 0. The molecule has 1 aromatic carbocycles. The van der Waals surface area contributed by atoms with E-state index in [4.69, 9.17) is 0 Å². The topological polar surface area (TPSA) is 6.48 Å². The lowest BCUT2D eigenvalue weighted by Crippen LogP contribution is -2.29. The normalized spacial score (nSPS) is 11.5. The highest BCUT2D eigenvalue weighted by Gasteiger charge is 2.17. The standard InChI is InChI=1S/C41H78N2/c1-7-11-15-19-23-27-33-42(34-28-24-20-16-12-8-2)39-31-32-40(38(5)6)41(37-39)43(35-29-25-21-17-13-9-3)36-30-26-22-18-14-10-4/h31-32,37-38H,7-30,33-36H2,1-6H3.